The van der Waals surface area contributed by atoms with Crippen LogP contribution in [0.1, 0.15) is 15.9 Å². The lowest BCUT2D eigenvalue weighted by Gasteiger charge is -2.27. The maximum atomic E-state index is 11.8. The maximum Gasteiger partial charge on any atom is 0.251 e. The zero-order valence-electron chi connectivity index (χ0n) is 9.32. The molecule has 1 aromatic rings. The van der Waals surface area contributed by atoms with Gasteiger partial charge in [-0.1, -0.05) is 18.2 Å². The number of nitrogens with one attached hydrogen (secondary N) is 2. The molecule has 1 aliphatic heterocycles. The van der Waals surface area contributed by atoms with Crippen molar-refractivity contribution in [1.29, 1.82) is 0 Å². The van der Waals surface area contributed by atoms with Crippen LogP contribution in [0.25, 0.3) is 0 Å². The summed E-state index contributed by atoms with van der Waals surface area (Å²) < 4.78 is 0. The molecule has 16 heavy (non-hydrogen) atoms. The minimum Gasteiger partial charge on any atom is -0.352 e. The third-order valence-electron chi connectivity index (χ3n) is 2.81. The first-order chi connectivity index (χ1) is 7.27. The van der Waals surface area contributed by atoms with Crippen LogP contribution < -0.4 is 10.6 Å². The third kappa shape index (κ3) is 2.97. The molecule has 0 aliphatic carbocycles. The molecule has 0 atom stereocenters. The second kappa shape index (κ2) is 5.87. The van der Waals surface area contributed by atoms with Crippen molar-refractivity contribution in [1.82, 2.24) is 10.6 Å². The average molecular weight is 241 g/mol. The molecule has 0 bridgehead atoms. The van der Waals surface area contributed by atoms with Gasteiger partial charge in [-0.25, -0.2) is 0 Å². The van der Waals surface area contributed by atoms with Gasteiger partial charge in [-0.3, -0.25) is 4.79 Å². The van der Waals surface area contributed by atoms with Gasteiger partial charge in [0.25, 0.3) is 5.91 Å². The SMILES string of the molecule is Cc1ccccc1C(=O)NCC1CNC1.Cl. The Labute approximate surface area is 102 Å². The lowest BCUT2D eigenvalue weighted by Crippen LogP contribution is -2.48. The molecule has 1 amide bonds. The van der Waals surface area contributed by atoms with Crippen LogP contribution in [0.5, 0.6) is 0 Å². The van der Waals surface area contributed by atoms with E-state index < -0.39 is 0 Å². The molecule has 88 valence electrons. The zero-order valence-corrected chi connectivity index (χ0v) is 10.1. The first kappa shape index (κ1) is 13.0. The van der Waals surface area contributed by atoms with E-state index in [4.69, 9.17) is 0 Å². The van der Waals surface area contributed by atoms with Gasteiger partial charge >= 0.3 is 0 Å². The van der Waals surface area contributed by atoms with E-state index in [-0.39, 0.29) is 18.3 Å². The predicted octanol–water partition coefficient (Wildman–Crippen LogP) is 1.37. The quantitative estimate of drug-likeness (QED) is 0.838. The number of benzene rings is 1. The third-order valence-corrected chi connectivity index (χ3v) is 2.81. The fraction of sp³-hybridized carbons (Fsp3) is 0.417. The van der Waals surface area contributed by atoms with E-state index in [9.17, 15) is 4.79 Å². The topological polar surface area (TPSA) is 41.1 Å². The van der Waals surface area contributed by atoms with Gasteiger partial charge in [0, 0.05) is 31.1 Å². The fourth-order valence-electron chi connectivity index (χ4n) is 1.65. The highest BCUT2D eigenvalue weighted by atomic mass is 35.5. The summed E-state index contributed by atoms with van der Waals surface area (Å²) in [5.74, 6) is 0.651. The smallest absolute Gasteiger partial charge is 0.251 e. The van der Waals surface area contributed by atoms with Crippen LogP contribution in [-0.4, -0.2) is 25.5 Å². The van der Waals surface area contributed by atoms with Crippen LogP contribution in [0.15, 0.2) is 24.3 Å². The van der Waals surface area contributed by atoms with E-state index in [2.05, 4.69) is 10.6 Å². The minimum absolute atomic E-state index is 0. The molecule has 1 saturated heterocycles. The lowest BCUT2D eigenvalue weighted by molar-refractivity contribution is 0.0941. The number of carbonyl (C=O) groups excluding carboxylic acids is 1. The molecule has 1 fully saturated rings. The monoisotopic (exact) mass is 240 g/mol. The Morgan fingerprint density at radius 3 is 2.69 bits per heavy atom. The molecule has 0 spiro atoms. The Morgan fingerprint density at radius 2 is 2.12 bits per heavy atom. The summed E-state index contributed by atoms with van der Waals surface area (Å²) in [6.45, 7) is 4.78. The van der Waals surface area contributed by atoms with Gasteiger partial charge < -0.3 is 10.6 Å². The molecule has 2 N–H and O–H groups in total. The summed E-state index contributed by atoms with van der Waals surface area (Å²) in [5.41, 5.74) is 1.81. The Balaban J connectivity index is 0.00000128. The molecule has 1 heterocycles. The summed E-state index contributed by atoms with van der Waals surface area (Å²) in [6, 6.07) is 7.66. The van der Waals surface area contributed by atoms with Crippen molar-refractivity contribution in [3.63, 3.8) is 0 Å². The van der Waals surface area contributed by atoms with Gasteiger partial charge in [0.1, 0.15) is 0 Å². The van der Waals surface area contributed by atoms with E-state index in [1.54, 1.807) is 0 Å². The second-order valence-electron chi connectivity index (χ2n) is 4.05. The number of rotatable bonds is 3. The number of carbonyl (C=O) groups is 1. The van der Waals surface area contributed by atoms with E-state index in [0.717, 1.165) is 30.8 Å². The van der Waals surface area contributed by atoms with Crippen LogP contribution in [0, 0.1) is 12.8 Å². The lowest BCUT2D eigenvalue weighted by atomic mass is 10.0. The van der Waals surface area contributed by atoms with E-state index in [0.29, 0.717) is 5.92 Å². The maximum absolute atomic E-state index is 11.8. The molecular weight excluding hydrogens is 224 g/mol. The Morgan fingerprint density at radius 1 is 1.44 bits per heavy atom. The molecule has 0 aromatic heterocycles. The van der Waals surface area contributed by atoms with E-state index >= 15 is 0 Å². The minimum atomic E-state index is 0. The zero-order chi connectivity index (χ0) is 10.7. The van der Waals surface area contributed by atoms with E-state index in [1.807, 2.05) is 31.2 Å². The highest BCUT2D eigenvalue weighted by Gasteiger charge is 2.17. The Bertz CT molecular complexity index is 364. The van der Waals surface area contributed by atoms with Crippen molar-refractivity contribution < 1.29 is 4.79 Å². The molecule has 0 saturated carbocycles. The van der Waals surface area contributed by atoms with Gasteiger partial charge in [-0.2, -0.15) is 0 Å². The number of hydrogen-bond acceptors (Lipinski definition) is 2. The van der Waals surface area contributed by atoms with E-state index in [1.165, 1.54) is 0 Å². The second-order valence-corrected chi connectivity index (χ2v) is 4.05. The molecule has 0 radical (unpaired) electrons. The highest BCUT2D eigenvalue weighted by Crippen LogP contribution is 2.07. The van der Waals surface area contributed by atoms with Gasteiger partial charge in [0.15, 0.2) is 0 Å². The summed E-state index contributed by atoms with van der Waals surface area (Å²) in [6.07, 6.45) is 0. The van der Waals surface area contributed by atoms with Crippen molar-refractivity contribution in [2.24, 2.45) is 5.92 Å². The van der Waals surface area contributed by atoms with Crippen LogP contribution >= 0.6 is 12.4 Å². The molecule has 1 aliphatic rings. The largest absolute Gasteiger partial charge is 0.352 e. The summed E-state index contributed by atoms with van der Waals surface area (Å²) in [5, 5.41) is 6.15. The first-order valence-electron chi connectivity index (χ1n) is 5.32. The molecule has 1 aromatic carbocycles. The van der Waals surface area contributed by atoms with Crippen molar-refractivity contribution >= 4 is 18.3 Å². The average Bonchev–Trinajstić information content (AvgIpc) is 2.16. The van der Waals surface area contributed by atoms with Gasteiger partial charge in [0.05, 0.1) is 0 Å². The summed E-state index contributed by atoms with van der Waals surface area (Å²) >= 11 is 0. The number of amides is 1. The molecular formula is C12H17ClN2O. The number of aryl methyl sites for hydroxylation is 1. The Kier molecular flexibility index (Phi) is 4.77. The van der Waals surface area contributed by atoms with Crippen molar-refractivity contribution in [3.05, 3.63) is 35.4 Å². The molecule has 2 rings (SSSR count). The summed E-state index contributed by atoms with van der Waals surface area (Å²) in [7, 11) is 0. The van der Waals surface area contributed by atoms with Crippen LogP contribution in [0.3, 0.4) is 0 Å². The summed E-state index contributed by atoms with van der Waals surface area (Å²) in [4.78, 5) is 11.8. The number of halogens is 1. The van der Waals surface area contributed by atoms with Gasteiger partial charge in [-0.05, 0) is 18.6 Å². The Hall–Kier alpha value is -1.06. The van der Waals surface area contributed by atoms with Gasteiger partial charge in [0.2, 0.25) is 0 Å². The van der Waals surface area contributed by atoms with Crippen molar-refractivity contribution in [3.8, 4) is 0 Å². The number of hydrogen-bond donors (Lipinski definition) is 2. The normalized spacial score (nSPS) is 14.8. The molecule has 0 unspecified atom stereocenters. The van der Waals surface area contributed by atoms with Crippen LogP contribution in [-0.2, 0) is 0 Å². The first-order valence-corrected chi connectivity index (χ1v) is 5.32. The fourth-order valence-corrected chi connectivity index (χ4v) is 1.65. The van der Waals surface area contributed by atoms with Crippen LogP contribution in [0.2, 0.25) is 0 Å². The van der Waals surface area contributed by atoms with Crippen LogP contribution in [0.4, 0.5) is 0 Å². The molecule has 3 nitrogen and oxygen atoms in total. The van der Waals surface area contributed by atoms with Gasteiger partial charge in [-0.15, -0.1) is 12.4 Å². The predicted molar refractivity (Wildman–Crippen MR) is 67.1 cm³/mol. The molecule has 4 heteroatoms. The van der Waals surface area contributed by atoms with Crippen molar-refractivity contribution in [2.75, 3.05) is 19.6 Å². The highest BCUT2D eigenvalue weighted by molar-refractivity contribution is 5.95. The van der Waals surface area contributed by atoms with Crippen molar-refractivity contribution in [2.45, 2.75) is 6.92 Å². The standard InChI is InChI=1S/C12H16N2O.ClH/c1-9-4-2-3-5-11(9)12(15)14-8-10-6-13-7-10;/h2-5,10,13H,6-8H2,1H3,(H,14,15);1H.